The SMILES string of the molecule is O=C(CCCc1c[nH]c2ccccc12)OCl. The van der Waals surface area contributed by atoms with E-state index in [9.17, 15) is 4.79 Å². The first kappa shape index (κ1) is 11.0. The maximum Gasteiger partial charge on any atom is 0.324 e. The van der Waals surface area contributed by atoms with E-state index >= 15 is 0 Å². The Hall–Kier alpha value is -1.48. The van der Waals surface area contributed by atoms with Crippen molar-refractivity contribution in [2.75, 3.05) is 0 Å². The van der Waals surface area contributed by atoms with Crippen molar-refractivity contribution in [1.29, 1.82) is 0 Å². The molecule has 1 heterocycles. The third-order valence-corrected chi connectivity index (χ3v) is 2.76. The van der Waals surface area contributed by atoms with Crippen molar-refractivity contribution in [3.63, 3.8) is 0 Å². The van der Waals surface area contributed by atoms with Crippen LogP contribution in [0.2, 0.25) is 0 Å². The quantitative estimate of drug-likeness (QED) is 0.887. The van der Waals surface area contributed by atoms with E-state index in [2.05, 4.69) is 15.3 Å². The van der Waals surface area contributed by atoms with Crippen LogP contribution in [0.3, 0.4) is 0 Å². The number of hydrogen-bond donors (Lipinski definition) is 1. The van der Waals surface area contributed by atoms with Crippen LogP contribution < -0.4 is 0 Å². The first-order valence-electron chi connectivity index (χ1n) is 5.17. The number of halogens is 1. The molecule has 0 saturated carbocycles. The van der Waals surface area contributed by atoms with Gasteiger partial charge in [-0.15, -0.1) is 0 Å². The molecule has 0 bridgehead atoms. The number of hydrogen-bond acceptors (Lipinski definition) is 2. The van der Waals surface area contributed by atoms with E-state index in [0.717, 1.165) is 18.4 Å². The fraction of sp³-hybridized carbons (Fsp3) is 0.250. The van der Waals surface area contributed by atoms with Gasteiger partial charge in [0.15, 0.2) is 0 Å². The summed E-state index contributed by atoms with van der Waals surface area (Å²) >= 11 is 4.95. The summed E-state index contributed by atoms with van der Waals surface area (Å²) in [6, 6.07) is 8.10. The van der Waals surface area contributed by atoms with Gasteiger partial charge in [0, 0.05) is 23.5 Å². The molecule has 16 heavy (non-hydrogen) atoms. The third-order valence-electron chi connectivity index (χ3n) is 2.59. The Bertz CT molecular complexity index is 492. The Labute approximate surface area is 98.5 Å². The summed E-state index contributed by atoms with van der Waals surface area (Å²) in [5, 5.41) is 1.21. The van der Waals surface area contributed by atoms with Crippen molar-refractivity contribution < 1.29 is 9.08 Å². The zero-order valence-corrected chi connectivity index (χ0v) is 9.46. The van der Waals surface area contributed by atoms with E-state index in [1.807, 2.05) is 24.4 Å². The molecule has 2 aromatic rings. The smallest absolute Gasteiger partial charge is 0.324 e. The highest BCUT2D eigenvalue weighted by Crippen LogP contribution is 2.19. The summed E-state index contributed by atoms with van der Waals surface area (Å²) < 4.78 is 4.08. The summed E-state index contributed by atoms with van der Waals surface area (Å²) in [6.45, 7) is 0. The predicted octanol–water partition coefficient (Wildman–Crippen LogP) is 3.19. The van der Waals surface area contributed by atoms with Crippen molar-refractivity contribution in [3.05, 3.63) is 36.0 Å². The van der Waals surface area contributed by atoms with Crippen LogP contribution in [-0.2, 0) is 15.5 Å². The first-order valence-corrected chi connectivity index (χ1v) is 5.48. The lowest BCUT2D eigenvalue weighted by Gasteiger charge is -1.98. The Morgan fingerprint density at radius 3 is 3.00 bits per heavy atom. The van der Waals surface area contributed by atoms with Crippen LogP contribution in [0, 0.1) is 0 Å². The number of benzene rings is 1. The Morgan fingerprint density at radius 2 is 2.19 bits per heavy atom. The van der Waals surface area contributed by atoms with Gasteiger partial charge < -0.3 is 9.27 Å². The van der Waals surface area contributed by atoms with Crippen LogP contribution in [0.5, 0.6) is 0 Å². The average molecular weight is 238 g/mol. The number of aryl methyl sites for hydroxylation is 1. The normalized spacial score (nSPS) is 10.6. The minimum Gasteiger partial charge on any atom is -0.361 e. The molecule has 0 amide bonds. The molecule has 3 nitrogen and oxygen atoms in total. The molecule has 2 rings (SSSR count). The number of carbonyl (C=O) groups excluding carboxylic acids is 1. The van der Waals surface area contributed by atoms with Crippen LogP contribution in [-0.4, -0.2) is 11.0 Å². The van der Waals surface area contributed by atoms with Gasteiger partial charge in [-0.2, -0.15) is 0 Å². The number of H-pyrrole nitrogens is 1. The number of nitrogens with one attached hydrogen (secondary N) is 1. The van der Waals surface area contributed by atoms with Crippen molar-refractivity contribution >= 4 is 28.7 Å². The summed E-state index contributed by atoms with van der Waals surface area (Å²) in [4.78, 5) is 14.0. The summed E-state index contributed by atoms with van der Waals surface area (Å²) in [7, 11) is 0. The number of carbonyl (C=O) groups is 1. The number of para-hydroxylation sites is 1. The highest BCUT2D eigenvalue weighted by molar-refractivity contribution is 6.13. The molecular formula is C12H12ClNO2. The number of fused-ring (bicyclic) bond motifs is 1. The number of aromatic amines is 1. The van der Waals surface area contributed by atoms with Gasteiger partial charge in [-0.3, -0.25) is 4.79 Å². The lowest BCUT2D eigenvalue weighted by Crippen LogP contribution is -1.97. The molecular weight excluding hydrogens is 226 g/mol. The molecule has 0 atom stereocenters. The van der Waals surface area contributed by atoms with Crippen LogP contribution in [0.1, 0.15) is 18.4 Å². The standard InChI is InChI=1S/C12H12ClNO2/c13-16-12(15)7-3-4-9-8-14-11-6-2-1-5-10(9)11/h1-2,5-6,8,14H,3-4,7H2. The zero-order chi connectivity index (χ0) is 11.4. The molecule has 0 unspecified atom stereocenters. The Morgan fingerprint density at radius 1 is 1.38 bits per heavy atom. The maximum atomic E-state index is 10.8. The summed E-state index contributed by atoms with van der Waals surface area (Å²) in [6.07, 6.45) is 3.92. The van der Waals surface area contributed by atoms with E-state index < -0.39 is 0 Å². The Balaban J connectivity index is 2.02. The number of rotatable bonds is 4. The fourth-order valence-electron chi connectivity index (χ4n) is 1.80. The lowest BCUT2D eigenvalue weighted by molar-refractivity contribution is -0.134. The second-order valence-electron chi connectivity index (χ2n) is 3.66. The highest BCUT2D eigenvalue weighted by Gasteiger charge is 2.05. The van der Waals surface area contributed by atoms with Gasteiger partial charge in [0.05, 0.1) is 0 Å². The second-order valence-corrected chi connectivity index (χ2v) is 3.82. The number of aromatic nitrogens is 1. The van der Waals surface area contributed by atoms with Crippen LogP contribution in [0.25, 0.3) is 10.9 Å². The molecule has 0 radical (unpaired) electrons. The second kappa shape index (κ2) is 5.03. The largest absolute Gasteiger partial charge is 0.361 e. The fourth-order valence-corrected chi connectivity index (χ4v) is 1.88. The molecule has 4 heteroatoms. The van der Waals surface area contributed by atoms with Crippen molar-refractivity contribution in [2.24, 2.45) is 0 Å². The predicted molar refractivity (Wildman–Crippen MR) is 63.2 cm³/mol. The third kappa shape index (κ3) is 2.36. The Kier molecular flexibility index (Phi) is 3.47. The summed E-state index contributed by atoms with van der Waals surface area (Å²) in [5.41, 5.74) is 2.34. The minimum atomic E-state index is -0.374. The van der Waals surface area contributed by atoms with E-state index in [1.165, 1.54) is 10.9 Å². The monoisotopic (exact) mass is 237 g/mol. The van der Waals surface area contributed by atoms with Crippen LogP contribution >= 0.6 is 11.9 Å². The molecule has 0 aliphatic rings. The molecule has 0 aliphatic carbocycles. The molecule has 1 aromatic heterocycles. The average Bonchev–Trinajstić information content (AvgIpc) is 2.73. The zero-order valence-electron chi connectivity index (χ0n) is 8.70. The van der Waals surface area contributed by atoms with Gasteiger partial charge in [-0.05, 0) is 24.5 Å². The molecule has 1 N–H and O–H groups in total. The van der Waals surface area contributed by atoms with E-state index in [-0.39, 0.29) is 5.97 Å². The molecule has 1 aromatic carbocycles. The molecule has 84 valence electrons. The van der Waals surface area contributed by atoms with E-state index in [1.54, 1.807) is 0 Å². The van der Waals surface area contributed by atoms with E-state index in [0.29, 0.717) is 6.42 Å². The maximum absolute atomic E-state index is 10.8. The van der Waals surface area contributed by atoms with Gasteiger partial charge in [-0.25, -0.2) is 0 Å². The van der Waals surface area contributed by atoms with Crippen LogP contribution in [0.4, 0.5) is 0 Å². The minimum absolute atomic E-state index is 0.350. The van der Waals surface area contributed by atoms with Gasteiger partial charge in [0.2, 0.25) is 0 Å². The van der Waals surface area contributed by atoms with Crippen LogP contribution in [0.15, 0.2) is 30.5 Å². The molecule has 0 spiro atoms. The topological polar surface area (TPSA) is 42.1 Å². The molecule has 0 saturated heterocycles. The van der Waals surface area contributed by atoms with Crippen molar-refractivity contribution in [1.82, 2.24) is 4.98 Å². The van der Waals surface area contributed by atoms with Gasteiger partial charge >= 0.3 is 5.97 Å². The highest BCUT2D eigenvalue weighted by atomic mass is 35.5. The van der Waals surface area contributed by atoms with Crippen molar-refractivity contribution in [2.45, 2.75) is 19.3 Å². The summed E-state index contributed by atoms with van der Waals surface area (Å²) in [5.74, 6) is -0.374. The first-order chi connectivity index (χ1) is 7.81. The van der Waals surface area contributed by atoms with Crippen molar-refractivity contribution in [3.8, 4) is 0 Å². The van der Waals surface area contributed by atoms with Gasteiger partial charge in [-0.1, -0.05) is 18.2 Å². The lowest BCUT2D eigenvalue weighted by atomic mass is 10.1. The molecule has 0 aliphatic heterocycles. The van der Waals surface area contributed by atoms with Gasteiger partial charge in [0.25, 0.3) is 0 Å². The van der Waals surface area contributed by atoms with E-state index in [4.69, 9.17) is 11.9 Å². The molecule has 0 fully saturated rings. The van der Waals surface area contributed by atoms with Gasteiger partial charge in [0.1, 0.15) is 11.9 Å².